The van der Waals surface area contributed by atoms with Gasteiger partial charge in [0.15, 0.2) is 5.03 Å². The number of halogens is 4. The molecule has 5 nitrogen and oxygen atoms in total. The highest BCUT2D eigenvalue weighted by molar-refractivity contribution is 6.32. The van der Waals surface area contributed by atoms with E-state index in [0.29, 0.717) is 17.3 Å². The molecule has 0 unspecified atom stereocenters. The van der Waals surface area contributed by atoms with Gasteiger partial charge in [-0.25, -0.2) is 15.1 Å². The van der Waals surface area contributed by atoms with Crippen molar-refractivity contribution in [3.05, 3.63) is 33.0 Å². The van der Waals surface area contributed by atoms with Crippen LogP contribution in [-0.2, 0) is 6.18 Å². The summed E-state index contributed by atoms with van der Waals surface area (Å²) in [5.41, 5.74) is -1.06. The number of hydrogen-bond acceptors (Lipinski definition) is 3. The lowest BCUT2D eigenvalue weighted by atomic mass is 10.3. The Morgan fingerprint density at radius 3 is 2.50 bits per heavy atom. The van der Waals surface area contributed by atoms with Crippen molar-refractivity contribution in [3.8, 4) is 0 Å². The van der Waals surface area contributed by atoms with Gasteiger partial charge in [-0.3, -0.25) is 0 Å². The van der Waals surface area contributed by atoms with Crippen molar-refractivity contribution >= 4 is 17.4 Å². The minimum absolute atomic E-state index is 0.348. The van der Waals surface area contributed by atoms with E-state index in [-0.39, 0.29) is 5.82 Å². The monoisotopic (exact) mass is 255 g/mol. The number of hydrogen-bond donors (Lipinski definition) is 0. The Morgan fingerprint density at radius 1 is 1.56 bits per heavy atom. The Bertz CT molecular complexity index is 424. The summed E-state index contributed by atoms with van der Waals surface area (Å²) in [5.74, 6) is -0.348. The lowest BCUT2D eigenvalue weighted by Crippen LogP contribution is -2.26. The van der Waals surface area contributed by atoms with E-state index in [0.717, 1.165) is 7.05 Å². The minimum Gasteiger partial charge on any atom is -0.234 e. The molecule has 1 aromatic heterocycles. The maximum absolute atomic E-state index is 12.2. The van der Waals surface area contributed by atoms with Gasteiger partial charge in [0.05, 0.1) is 17.6 Å². The average molecular weight is 256 g/mol. The van der Waals surface area contributed by atoms with Gasteiger partial charge in [0.2, 0.25) is 5.82 Å². The second kappa shape index (κ2) is 4.12. The molecule has 88 valence electrons. The van der Waals surface area contributed by atoms with Crippen LogP contribution in [0.2, 0.25) is 5.02 Å². The summed E-state index contributed by atoms with van der Waals surface area (Å²) < 4.78 is 36.6. The van der Waals surface area contributed by atoms with Crippen LogP contribution in [-0.4, -0.2) is 17.1 Å². The van der Waals surface area contributed by atoms with E-state index in [2.05, 4.69) is 4.98 Å². The molecule has 0 saturated carbocycles. The molecule has 1 aromatic rings. The second-order valence-electron chi connectivity index (χ2n) is 2.79. The summed E-state index contributed by atoms with van der Waals surface area (Å²) in [6, 6.07) is 0.587. The number of rotatable bonds is 2. The first-order valence-corrected chi connectivity index (χ1v) is 4.22. The predicted molar refractivity (Wildman–Crippen MR) is 49.6 cm³/mol. The largest absolute Gasteiger partial charge is 0.417 e. The fourth-order valence-electron chi connectivity index (χ4n) is 0.901. The number of hydrazine groups is 1. The highest BCUT2D eigenvalue weighted by Gasteiger charge is 2.32. The van der Waals surface area contributed by atoms with Crippen LogP contribution in [0.15, 0.2) is 12.3 Å². The molecule has 0 amide bonds. The number of pyridine rings is 1. The molecule has 0 aromatic carbocycles. The molecule has 16 heavy (non-hydrogen) atoms. The van der Waals surface area contributed by atoms with Crippen LogP contribution in [0, 0.1) is 10.1 Å². The van der Waals surface area contributed by atoms with Crippen molar-refractivity contribution in [1.82, 2.24) is 4.98 Å². The quantitative estimate of drug-likeness (QED) is 0.601. The summed E-state index contributed by atoms with van der Waals surface area (Å²) in [4.78, 5) is 13.6. The second-order valence-corrected chi connectivity index (χ2v) is 3.20. The molecule has 0 radical (unpaired) electrons. The highest BCUT2D eigenvalue weighted by Crippen LogP contribution is 2.33. The summed E-state index contributed by atoms with van der Waals surface area (Å²) in [7, 11) is 1.03. The van der Waals surface area contributed by atoms with Gasteiger partial charge in [0.25, 0.3) is 0 Å². The summed E-state index contributed by atoms with van der Waals surface area (Å²) >= 11 is 5.47. The third kappa shape index (κ3) is 2.51. The lowest BCUT2D eigenvalue weighted by molar-refractivity contribution is -0.490. The van der Waals surface area contributed by atoms with E-state index in [1.165, 1.54) is 0 Å². The third-order valence-electron chi connectivity index (χ3n) is 1.70. The fourth-order valence-corrected chi connectivity index (χ4v) is 1.19. The van der Waals surface area contributed by atoms with Crippen molar-refractivity contribution in [1.29, 1.82) is 0 Å². The number of aromatic nitrogens is 1. The van der Waals surface area contributed by atoms with E-state index in [4.69, 9.17) is 11.6 Å². The zero-order valence-electron chi connectivity index (χ0n) is 7.82. The Labute approximate surface area is 92.6 Å². The SMILES string of the molecule is CN(c1ncc(C(F)(F)F)cc1Cl)[N+](=O)[O-]. The van der Waals surface area contributed by atoms with E-state index in [1.54, 1.807) is 0 Å². The summed E-state index contributed by atoms with van der Waals surface area (Å²) in [6.07, 6.45) is -4.09. The Balaban J connectivity index is 3.15. The van der Waals surface area contributed by atoms with Crippen molar-refractivity contribution < 1.29 is 18.2 Å². The van der Waals surface area contributed by atoms with Gasteiger partial charge in [0, 0.05) is 6.20 Å². The molecule has 0 aliphatic rings. The van der Waals surface area contributed by atoms with Crippen LogP contribution in [0.3, 0.4) is 0 Å². The van der Waals surface area contributed by atoms with Gasteiger partial charge < -0.3 is 0 Å². The van der Waals surface area contributed by atoms with E-state index in [1.807, 2.05) is 0 Å². The van der Waals surface area contributed by atoms with E-state index >= 15 is 0 Å². The van der Waals surface area contributed by atoms with Crippen LogP contribution in [0.5, 0.6) is 0 Å². The van der Waals surface area contributed by atoms with Gasteiger partial charge >= 0.3 is 6.18 Å². The van der Waals surface area contributed by atoms with Crippen molar-refractivity contribution in [2.24, 2.45) is 0 Å². The zero-order valence-corrected chi connectivity index (χ0v) is 8.58. The van der Waals surface area contributed by atoms with Crippen molar-refractivity contribution in [2.75, 3.05) is 12.1 Å². The molecule has 0 bridgehead atoms. The summed E-state index contributed by atoms with van der Waals surface area (Å²) in [6.45, 7) is 0. The van der Waals surface area contributed by atoms with Gasteiger partial charge in [-0.1, -0.05) is 16.6 Å². The molecule has 0 aliphatic heterocycles. The average Bonchev–Trinajstić information content (AvgIpc) is 2.15. The topological polar surface area (TPSA) is 59.3 Å². The Kier molecular flexibility index (Phi) is 3.22. The first-order valence-electron chi connectivity index (χ1n) is 3.84. The lowest BCUT2D eigenvalue weighted by Gasteiger charge is -2.11. The smallest absolute Gasteiger partial charge is 0.234 e. The van der Waals surface area contributed by atoms with Crippen LogP contribution in [0.25, 0.3) is 0 Å². The maximum atomic E-state index is 12.2. The van der Waals surface area contributed by atoms with Crippen molar-refractivity contribution in [3.63, 3.8) is 0 Å². The van der Waals surface area contributed by atoms with Crippen LogP contribution < -0.4 is 5.01 Å². The molecule has 0 atom stereocenters. The van der Waals surface area contributed by atoms with Gasteiger partial charge in [-0.15, -0.1) is 0 Å². The van der Waals surface area contributed by atoms with E-state index < -0.39 is 21.8 Å². The van der Waals surface area contributed by atoms with Crippen LogP contribution in [0.4, 0.5) is 19.0 Å². The predicted octanol–water partition coefficient (Wildman–Crippen LogP) is 2.38. The minimum atomic E-state index is -4.58. The van der Waals surface area contributed by atoms with Gasteiger partial charge in [-0.05, 0) is 6.07 Å². The molecule has 1 heterocycles. The molecule has 1 rings (SSSR count). The number of nitro groups is 1. The Hall–Kier alpha value is -1.57. The molecule has 0 N–H and O–H groups in total. The maximum Gasteiger partial charge on any atom is 0.417 e. The molecular formula is C7H5ClF3N3O2. The van der Waals surface area contributed by atoms with Gasteiger partial charge in [-0.2, -0.15) is 13.2 Å². The Morgan fingerprint density at radius 2 is 2.12 bits per heavy atom. The standard InChI is InChI=1S/C7H5ClF3N3O2/c1-13(14(15)16)6-5(8)2-4(3-12-6)7(9,10)11/h2-3H,1H3. The molecule has 9 heteroatoms. The van der Waals surface area contributed by atoms with Crippen LogP contribution in [0.1, 0.15) is 5.56 Å². The third-order valence-corrected chi connectivity index (χ3v) is 1.98. The first-order chi connectivity index (χ1) is 7.23. The molecular weight excluding hydrogens is 251 g/mol. The number of nitrogens with zero attached hydrogens (tertiary/aromatic N) is 3. The fraction of sp³-hybridized carbons (Fsp3) is 0.286. The molecule has 0 spiro atoms. The normalized spacial score (nSPS) is 11.3. The zero-order chi connectivity index (χ0) is 12.5. The molecule has 0 aliphatic carbocycles. The van der Waals surface area contributed by atoms with E-state index in [9.17, 15) is 23.3 Å². The number of anilines is 1. The van der Waals surface area contributed by atoms with Gasteiger partial charge in [0.1, 0.15) is 0 Å². The van der Waals surface area contributed by atoms with Crippen molar-refractivity contribution in [2.45, 2.75) is 6.18 Å². The molecule has 0 fully saturated rings. The summed E-state index contributed by atoms with van der Waals surface area (Å²) in [5, 5.41) is 9.50. The van der Waals surface area contributed by atoms with Crippen LogP contribution >= 0.6 is 11.6 Å². The first kappa shape index (κ1) is 12.5. The highest BCUT2D eigenvalue weighted by atomic mass is 35.5. The number of alkyl halides is 3. The molecule has 0 saturated heterocycles.